The van der Waals surface area contributed by atoms with Gasteiger partial charge >= 0.3 is 0 Å². The molecule has 1 aliphatic rings. The van der Waals surface area contributed by atoms with E-state index in [0.29, 0.717) is 28.6 Å². The zero-order valence-electron chi connectivity index (χ0n) is 9.74. The van der Waals surface area contributed by atoms with Gasteiger partial charge in [-0.25, -0.2) is 0 Å². The zero-order chi connectivity index (χ0) is 13.3. The summed E-state index contributed by atoms with van der Waals surface area (Å²) in [5.74, 6) is -0.245. The van der Waals surface area contributed by atoms with Crippen LogP contribution in [-0.4, -0.2) is 29.8 Å². The van der Waals surface area contributed by atoms with Crippen molar-refractivity contribution >= 4 is 40.7 Å². The van der Waals surface area contributed by atoms with Crippen LogP contribution in [0.5, 0.6) is 0 Å². The average molecular weight is 287 g/mol. The largest absolute Gasteiger partial charge is 0.334 e. The molecule has 6 heteroatoms. The van der Waals surface area contributed by atoms with Crippen LogP contribution in [-0.2, 0) is 9.59 Å². The number of nitrogens with one attached hydrogen (secondary N) is 1. The highest BCUT2D eigenvalue weighted by Gasteiger charge is 2.33. The predicted octanol–water partition coefficient (Wildman–Crippen LogP) is 2.55. The molecule has 1 aromatic rings. The molecule has 0 bridgehead atoms. The number of halogens is 2. The lowest BCUT2D eigenvalue weighted by Gasteiger charge is -2.19. The van der Waals surface area contributed by atoms with Crippen LogP contribution in [0, 0.1) is 0 Å². The lowest BCUT2D eigenvalue weighted by atomic mass is 10.2. The summed E-state index contributed by atoms with van der Waals surface area (Å²) in [5, 5.41) is 3.59. The van der Waals surface area contributed by atoms with E-state index in [1.54, 1.807) is 25.2 Å². The van der Waals surface area contributed by atoms with E-state index in [1.165, 1.54) is 4.90 Å². The third-order valence-electron chi connectivity index (χ3n) is 2.98. The number of benzene rings is 1. The molecular formula is C12H12Cl2N2O2. The Morgan fingerprint density at radius 2 is 2.17 bits per heavy atom. The van der Waals surface area contributed by atoms with Crippen molar-refractivity contribution in [1.82, 2.24) is 4.90 Å². The summed E-state index contributed by atoms with van der Waals surface area (Å²) in [4.78, 5) is 24.8. The van der Waals surface area contributed by atoms with Crippen molar-refractivity contribution in [1.29, 1.82) is 0 Å². The van der Waals surface area contributed by atoms with Gasteiger partial charge in [0.1, 0.15) is 6.04 Å². The number of nitrogens with zero attached hydrogens (tertiary/aromatic N) is 1. The summed E-state index contributed by atoms with van der Waals surface area (Å²) in [6.45, 7) is 0. The van der Waals surface area contributed by atoms with Gasteiger partial charge in [0.2, 0.25) is 11.8 Å². The van der Waals surface area contributed by atoms with Crippen LogP contribution in [0.15, 0.2) is 18.2 Å². The van der Waals surface area contributed by atoms with Crippen LogP contribution in [0.4, 0.5) is 5.69 Å². The van der Waals surface area contributed by atoms with Crippen molar-refractivity contribution in [3.05, 3.63) is 28.2 Å². The van der Waals surface area contributed by atoms with Crippen LogP contribution in [0.25, 0.3) is 0 Å². The second-order valence-corrected chi connectivity index (χ2v) is 5.02. The van der Waals surface area contributed by atoms with E-state index in [9.17, 15) is 9.59 Å². The molecule has 1 heterocycles. The van der Waals surface area contributed by atoms with E-state index in [2.05, 4.69) is 5.32 Å². The maximum Gasteiger partial charge on any atom is 0.247 e. The van der Waals surface area contributed by atoms with Gasteiger partial charge in [0.15, 0.2) is 0 Å². The van der Waals surface area contributed by atoms with E-state index < -0.39 is 6.04 Å². The van der Waals surface area contributed by atoms with Gasteiger partial charge in [-0.1, -0.05) is 23.2 Å². The number of carbonyl (C=O) groups is 2. The Kier molecular flexibility index (Phi) is 3.78. The van der Waals surface area contributed by atoms with E-state index in [-0.39, 0.29) is 11.8 Å². The summed E-state index contributed by atoms with van der Waals surface area (Å²) in [6.07, 6.45) is 0.940. The maximum atomic E-state index is 12.0. The Morgan fingerprint density at radius 1 is 1.44 bits per heavy atom. The highest BCUT2D eigenvalue weighted by molar-refractivity contribution is 6.36. The van der Waals surface area contributed by atoms with Crippen molar-refractivity contribution in [2.24, 2.45) is 0 Å². The predicted molar refractivity (Wildman–Crippen MR) is 70.9 cm³/mol. The lowest BCUT2D eigenvalue weighted by Crippen LogP contribution is -2.38. The third kappa shape index (κ3) is 2.60. The fourth-order valence-electron chi connectivity index (χ4n) is 1.92. The van der Waals surface area contributed by atoms with Crippen LogP contribution >= 0.6 is 23.2 Å². The molecule has 2 rings (SSSR count). The number of amides is 2. The van der Waals surface area contributed by atoms with Crippen LogP contribution in [0.3, 0.4) is 0 Å². The third-order valence-corrected chi connectivity index (χ3v) is 3.53. The first-order valence-electron chi connectivity index (χ1n) is 5.50. The number of hydrogen-bond donors (Lipinski definition) is 1. The summed E-state index contributed by atoms with van der Waals surface area (Å²) >= 11 is 11.7. The smallest absolute Gasteiger partial charge is 0.247 e. The summed E-state index contributed by atoms with van der Waals surface area (Å²) in [6, 6.07) is 4.41. The Balaban J connectivity index is 2.10. The van der Waals surface area contributed by atoms with Crippen molar-refractivity contribution in [3.63, 3.8) is 0 Å². The van der Waals surface area contributed by atoms with Gasteiger partial charge in [0, 0.05) is 18.5 Å². The molecule has 1 saturated heterocycles. The first-order chi connectivity index (χ1) is 8.49. The second kappa shape index (κ2) is 5.16. The van der Waals surface area contributed by atoms with E-state index in [1.807, 2.05) is 0 Å². The number of carbonyl (C=O) groups excluding carboxylic acids is 2. The van der Waals surface area contributed by atoms with E-state index in [0.717, 1.165) is 0 Å². The number of rotatable bonds is 2. The molecule has 0 aliphatic carbocycles. The molecule has 4 nitrogen and oxygen atoms in total. The molecule has 0 radical (unpaired) electrons. The minimum absolute atomic E-state index is 0.0163. The van der Waals surface area contributed by atoms with Crippen LogP contribution in [0.1, 0.15) is 12.8 Å². The van der Waals surface area contributed by atoms with Gasteiger partial charge < -0.3 is 10.2 Å². The molecule has 1 N–H and O–H groups in total. The SMILES string of the molecule is CN1C(=O)CCC1C(=O)Nc1ccc(Cl)cc1Cl. The highest BCUT2D eigenvalue weighted by atomic mass is 35.5. The zero-order valence-corrected chi connectivity index (χ0v) is 11.3. The van der Waals surface area contributed by atoms with Gasteiger partial charge in [-0.15, -0.1) is 0 Å². The fourth-order valence-corrected chi connectivity index (χ4v) is 2.37. The summed E-state index contributed by atoms with van der Waals surface area (Å²) in [7, 11) is 1.63. The quantitative estimate of drug-likeness (QED) is 0.908. The monoisotopic (exact) mass is 286 g/mol. The van der Waals surface area contributed by atoms with E-state index in [4.69, 9.17) is 23.2 Å². The molecule has 2 amide bonds. The second-order valence-electron chi connectivity index (χ2n) is 4.17. The topological polar surface area (TPSA) is 49.4 Å². The van der Waals surface area contributed by atoms with Crippen LogP contribution in [0.2, 0.25) is 10.0 Å². The standard InChI is InChI=1S/C12H12Cl2N2O2/c1-16-10(4-5-11(16)17)12(18)15-9-3-2-7(13)6-8(9)14/h2-3,6,10H,4-5H2,1H3,(H,15,18). The first kappa shape index (κ1) is 13.2. The molecule has 96 valence electrons. The molecule has 1 aliphatic heterocycles. The van der Waals surface area contributed by atoms with Crippen molar-refractivity contribution in [3.8, 4) is 0 Å². The minimum atomic E-state index is -0.427. The van der Waals surface area contributed by atoms with Crippen LogP contribution < -0.4 is 5.32 Å². The van der Waals surface area contributed by atoms with Gasteiger partial charge in [-0.2, -0.15) is 0 Å². The fraction of sp³-hybridized carbons (Fsp3) is 0.333. The lowest BCUT2D eigenvalue weighted by molar-refractivity contribution is -0.131. The van der Waals surface area contributed by atoms with Crippen molar-refractivity contribution in [2.45, 2.75) is 18.9 Å². The Hall–Kier alpha value is -1.26. The van der Waals surface area contributed by atoms with Gasteiger partial charge in [0.25, 0.3) is 0 Å². The molecule has 0 aromatic heterocycles. The molecular weight excluding hydrogens is 275 g/mol. The van der Waals surface area contributed by atoms with Gasteiger partial charge in [-0.05, 0) is 24.6 Å². The molecule has 0 saturated carbocycles. The van der Waals surface area contributed by atoms with Gasteiger partial charge in [-0.3, -0.25) is 9.59 Å². The van der Waals surface area contributed by atoms with Crippen molar-refractivity contribution < 1.29 is 9.59 Å². The number of anilines is 1. The maximum absolute atomic E-state index is 12.0. The Labute approximate surface area is 115 Å². The number of hydrogen-bond acceptors (Lipinski definition) is 2. The van der Waals surface area contributed by atoms with Crippen molar-refractivity contribution in [2.75, 3.05) is 12.4 Å². The average Bonchev–Trinajstić information content (AvgIpc) is 2.64. The Morgan fingerprint density at radius 3 is 2.72 bits per heavy atom. The first-order valence-corrected chi connectivity index (χ1v) is 6.26. The highest BCUT2D eigenvalue weighted by Crippen LogP contribution is 2.26. The number of likely N-dealkylation sites (tertiary alicyclic amines) is 1. The molecule has 1 aromatic carbocycles. The van der Waals surface area contributed by atoms with E-state index >= 15 is 0 Å². The molecule has 1 atom stereocenters. The summed E-state index contributed by atoms with van der Waals surface area (Å²) < 4.78 is 0. The summed E-state index contributed by atoms with van der Waals surface area (Å²) in [5.41, 5.74) is 0.499. The molecule has 1 fully saturated rings. The molecule has 18 heavy (non-hydrogen) atoms. The van der Waals surface area contributed by atoms with Gasteiger partial charge in [0.05, 0.1) is 10.7 Å². The normalized spacial score (nSPS) is 19.2. The molecule has 1 unspecified atom stereocenters. The number of likely N-dealkylation sites (N-methyl/N-ethyl adjacent to an activating group) is 1. The Bertz CT molecular complexity index is 505. The molecule has 0 spiro atoms. The minimum Gasteiger partial charge on any atom is -0.334 e.